The van der Waals surface area contributed by atoms with Crippen molar-refractivity contribution in [2.45, 2.75) is 31.2 Å². The Morgan fingerprint density at radius 3 is 2.92 bits per heavy atom. The van der Waals surface area contributed by atoms with E-state index >= 15 is 0 Å². The summed E-state index contributed by atoms with van der Waals surface area (Å²) in [7, 11) is 0. The predicted molar refractivity (Wildman–Crippen MR) is 37.2 cm³/mol. The number of rotatable bonds is 1. The Balaban J connectivity index is 2.22. The fraction of sp³-hybridized carbons (Fsp3) is 1.00. The van der Waals surface area contributed by atoms with E-state index in [1.54, 1.807) is 6.92 Å². The summed E-state index contributed by atoms with van der Waals surface area (Å²) in [5, 5.41) is 18.5. The van der Waals surface area contributed by atoms with Gasteiger partial charge in [0, 0.05) is 0 Å². The number of aliphatic hydroxyl groups excluding tert-OH is 2. The Kier molecular flexibility index (Phi) is 1.85. The molecule has 5 nitrogen and oxygen atoms in total. The normalized spacial score (nSPS) is 52.8. The Bertz CT molecular complexity index is 185. The van der Waals surface area contributed by atoms with Crippen LogP contribution < -0.4 is 0 Å². The highest BCUT2D eigenvalue weighted by atomic mass is 16.8. The van der Waals surface area contributed by atoms with Gasteiger partial charge in [-0.2, -0.15) is 0 Å². The molecule has 12 heavy (non-hydrogen) atoms. The van der Waals surface area contributed by atoms with Gasteiger partial charge in [-0.1, -0.05) is 0 Å². The van der Waals surface area contributed by atoms with Crippen LogP contribution in [-0.2, 0) is 14.2 Å². The lowest BCUT2D eigenvalue weighted by Gasteiger charge is -2.25. The van der Waals surface area contributed by atoms with E-state index in [1.165, 1.54) is 0 Å². The molecule has 70 valence electrons. The van der Waals surface area contributed by atoms with E-state index in [9.17, 15) is 5.11 Å². The lowest BCUT2D eigenvalue weighted by molar-refractivity contribution is -0.208. The standard InChI is InChI=1S/C7H12O5/c1-4-11-5-2-10-6(9)7(5,3-8)12-4/h4-6,8-9H,2-3H2,1H3. The van der Waals surface area contributed by atoms with E-state index < -0.39 is 11.9 Å². The molecule has 0 aliphatic carbocycles. The molecule has 2 saturated heterocycles. The lowest BCUT2D eigenvalue weighted by atomic mass is 10.0. The zero-order valence-corrected chi connectivity index (χ0v) is 6.77. The van der Waals surface area contributed by atoms with Crippen molar-refractivity contribution in [3.8, 4) is 0 Å². The summed E-state index contributed by atoms with van der Waals surface area (Å²) in [6.07, 6.45) is -1.83. The molecule has 2 aliphatic rings. The third-order valence-corrected chi connectivity index (χ3v) is 2.36. The highest BCUT2D eigenvalue weighted by Crippen LogP contribution is 2.37. The van der Waals surface area contributed by atoms with Crippen molar-refractivity contribution >= 4 is 0 Å². The van der Waals surface area contributed by atoms with E-state index in [2.05, 4.69) is 0 Å². The number of ether oxygens (including phenoxy) is 3. The summed E-state index contributed by atoms with van der Waals surface area (Å²) in [5.74, 6) is 0. The molecule has 4 atom stereocenters. The number of fused-ring (bicyclic) bond motifs is 1. The summed E-state index contributed by atoms with van der Waals surface area (Å²) >= 11 is 0. The summed E-state index contributed by atoms with van der Waals surface area (Å²) in [5.41, 5.74) is -1.06. The van der Waals surface area contributed by atoms with Gasteiger partial charge in [-0.15, -0.1) is 0 Å². The van der Waals surface area contributed by atoms with Gasteiger partial charge < -0.3 is 24.4 Å². The molecule has 5 heteroatoms. The molecule has 0 bridgehead atoms. The molecule has 2 fully saturated rings. The van der Waals surface area contributed by atoms with Crippen molar-refractivity contribution in [1.82, 2.24) is 0 Å². The van der Waals surface area contributed by atoms with Crippen LogP contribution in [0.25, 0.3) is 0 Å². The Labute approximate surface area is 69.8 Å². The molecule has 2 aliphatic heterocycles. The van der Waals surface area contributed by atoms with Crippen LogP contribution >= 0.6 is 0 Å². The quantitative estimate of drug-likeness (QED) is 0.526. The predicted octanol–water partition coefficient (Wildman–Crippen LogP) is -1.17. The average Bonchev–Trinajstić information content (AvgIpc) is 2.50. The zero-order valence-electron chi connectivity index (χ0n) is 6.77. The Morgan fingerprint density at radius 1 is 1.58 bits per heavy atom. The van der Waals surface area contributed by atoms with E-state index in [1.807, 2.05) is 0 Å². The molecule has 0 aromatic carbocycles. The van der Waals surface area contributed by atoms with Crippen molar-refractivity contribution in [2.24, 2.45) is 0 Å². The maximum absolute atomic E-state index is 9.38. The van der Waals surface area contributed by atoms with Gasteiger partial charge in [0.15, 0.2) is 18.2 Å². The molecule has 2 rings (SSSR count). The highest BCUT2D eigenvalue weighted by Gasteiger charge is 2.58. The van der Waals surface area contributed by atoms with Gasteiger partial charge in [-0.05, 0) is 6.92 Å². The second-order valence-electron chi connectivity index (χ2n) is 3.11. The smallest absolute Gasteiger partial charge is 0.189 e. The third-order valence-electron chi connectivity index (χ3n) is 2.36. The van der Waals surface area contributed by atoms with Crippen LogP contribution in [0.5, 0.6) is 0 Å². The van der Waals surface area contributed by atoms with Gasteiger partial charge in [0.25, 0.3) is 0 Å². The van der Waals surface area contributed by atoms with E-state index in [0.717, 1.165) is 0 Å². The highest BCUT2D eigenvalue weighted by molar-refractivity contribution is 5.00. The molecular formula is C7H12O5. The summed E-state index contributed by atoms with van der Waals surface area (Å²) in [4.78, 5) is 0. The molecule has 0 amide bonds. The van der Waals surface area contributed by atoms with Crippen LogP contribution in [0.15, 0.2) is 0 Å². The minimum absolute atomic E-state index is 0.270. The van der Waals surface area contributed by atoms with Crippen molar-refractivity contribution in [2.75, 3.05) is 13.2 Å². The molecule has 2 N–H and O–H groups in total. The van der Waals surface area contributed by atoms with E-state index in [4.69, 9.17) is 19.3 Å². The zero-order chi connectivity index (χ0) is 8.77. The molecule has 2 heterocycles. The Morgan fingerprint density at radius 2 is 2.33 bits per heavy atom. The average molecular weight is 176 g/mol. The van der Waals surface area contributed by atoms with Gasteiger partial charge in [-0.3, -0.25) is 0 Å². The van der Waals surface area contributed by atoms with Crippen molar-refractivity contribution in [1.29, 1.82) is 0 Å². The lowest BCUT2D eigenvalue weighted by Crippen LogP contribution is -2.48. The molecule has 4 unspecified atom stereocenters. The van der Waals surface area contributed by atoms with Gasteiger partial charge in [0.1, 0.15) is 6.10 Å². The molecule has 0 spiro atoms. The van der Waals surface area contributed by atoms with Gasteiger partial charge >= 0.3 is 0 Å². The second-order valence-corrected chi connectivity index (χ2v) is 3.11. The molecular weight excluding hydrogens is 164 g/mol. The molecule has 0 aromatic heterocycles. The first-order valence-corrected chi connectivity index (χ1v) is 3.93. The first-order valence-electron chi connectivity index (χ1n) is 3.93. The minimum atomic E-state index is -1.09. The van der Waals surface area contributed by atoms with Gasteiger partial charge in [0.05, 0.1) is 13.2 Å². The van der Waals surface area contributed by atoms with Crippen LogP contribution in [0.1, 0.15) is 6.92 Å². The Hall–Kier alpha value is -0.200. The first kappa shape index (κ1) is 8.40. The molecule has 0 saturated carbocycles. The number of aliphatic hydroxyl groups is 2. The molecule has 0 radical (unpaired) electrons. The topological polar surface area (TPSA) is 68.2 Å². The van der Waals surface area contributed by atoms with Crippen LogP contribution in [0.2, 0.25) is 0 Å². The SMILES string of the molecule is CC1OC2COC(O)C2(CO)O1. The van der Waals surface area contributed by atoms with Crippen LogP contribution in [0.3, 0.4) is 0 Å². The maximum atomic E-state index is 9.38. The van der Waals surface area contributed by atoms with Gasteiger partial charge in [0.2, 0.25) is 0 Å². The third kappa shape index (κ3) is 0.915. The van der Waals surface area contributed by atoms with Crippen molar-refractivity contribution in [3.63, 3.8) is 0 Å². The minimum Gasteiger partial charge on any atom is -0.393 e. The first-order chi connectivity index (χ1) is 5.69. The van der Waals surface area contributed by atoms with Crippen LogP contribution in [0.4, 0.5) is 0 Å². The van der Waals surface area contributed by atoms with Crippen molar-refractivity contribution < 1.29 is 24.4 Å². The fourth-order valence-corrected chi connectivity index (χ4v) is 1.69. The second kappa shape index (κ2) is 2.65. The number of hydrogen-bond acceptors (Lipinski definition) is 5. The number of hydrogen-bond donors (Lipinski definition) is 2. The van der Waals surface area contributed by atoms with E-state index in [0.29, 0.717) is 0 Å². The van der Waals surface area contributed by atoms with Gasteiger partial charge in [-0.25, -0.2) is 0 Å². The summed E-state index contributed by atoms with van der Waals surface area (Å²) in [6, 6.07) is 0. The fourth-order valence-electron chi connectivity index (χ4n) is 1.69. The van der Waals surface area contributed by atoms with Crippen molar-refractivity contribution in [3.05, 3.63) is 0 Å². The largest absolute Gasteiger partial charge is 0.393 e. The van der Waals surface area contributed by atoms with Crippen LogP contribution in [-0.4, -0.2) is 47.7 Å². The maximum Gasteiger partial charge on any atom is 0.189 e. The monoisotopic (exact) mass is 176 g/mol. The van der Waals surface area contributed by atoms with E-state index in [-0.39, 0.29) is 25.6 Å². The summed E-state index contributed by atoms with van der Waals surface area (Å²) in [6.45, 7) is 1.71. The molecule has 0 aromatic rings. The summed E-state index contributed by atoms with van der Waals surface area (Å²) < 4.78 is 15.5. The van der Waals surface area contributed by atoms with Crippen LogP contribution in [0, 0.1) is 0 Å².